The predicted molar refractivity (Wildman–Crippen MR) is 63.2 cm³/mol. The van der Waals surface area contributed by atoms with Gasteiger partial charge in [-0.25, -0.2) is 0 Å². The molecule has 0 heterocycles. The Labute approximate surface area is 91.8 Å². The fourth-order valence-electron chi connectivity index (χ4n) is 0.667. The van der Waals surface area contributed by atoms with Crippen LogP contribution in [-0.4, -0.2) is 55.2 Å². The maximum absolute atomic E-state index is 7.16. The molecule has 2 atom stereocenters. The summed E-state index contributed by atoms with van der Waals surface area (Å²) in [5, 5.41) is 0. The SMILES string of the molecule is [2H]P(P)[B]OCCOCCOCCOC. The lowest BCUT2D eigenvalue weighted by molar-refractivity contribution is 0.0184. The van der Waals surface area contributed by atoms with Crippen molar-refractivity contribution in [3.05, 3.63) is 0 Å². The Bertz CT molecular complexity index is 134. The summed E-state index contributed by atoms with van der Waals surface area (Å²) in [6.45, 7) is 3.35. The zero-order valence-electron chi connectivity index (χ0n) is 9.48. The number of hydrogen-bond acceptors (Lipinski definition) is 4. The van der Waals surface area contributed by atoms with Crippen LogP contribution in [0.5, 0.6) is 0 Å². The lowest BCUT2D eigenvalue weighted by atomic mass is 10.5. The van der Waals surface area contributed by atoms with Gasteiger partial charge in [0.1, 0.15) is 0 Å². The second-order valence-electron chi connectivity index (χ2n) is 2.34. The minimum Gasteiger partial charge on any atom is -0.432 e. The van der Waals surface area contributed by atoms with Crippen LogP contribution in [0.1, 0.15) is 0 Å². The van der Waals surface area contributed by atoms with E-state index in [0.29, 0.717) is 39.6 Å². The molecule has 0 aromatic heterocycles. The summed E-state index contributed by atoms with van der Waals surface area (Å²) in [7, 11) is 4.61. The molecule has 0 aliphatic carbocycles. The van der Waals surface area contributed by atoms with E-state index < -0.39 is 8.09 Å². The minimum absolute atomic E-state index is 0.490. The summed E-state index contributed by atoms with van der Waals surface area (Å²) in [4.78, 5) is 0. The molecule has 0 aromatic carbocycles. The van der Waals surface area contributed by atoms with Crippen molar-refractivity contribution >= 4 is 24.2 Å². The summed E-state index contributed by atoms with van der Waals surface area (Å²) in [6, 6.07) is 0. The monoisotopic (exact) mass is 240 g/mol. The maximum atomic E-state index is 7.16. The molecule has 0 saturated carbocycles. The van der Waals surface area contributed by atoms with Gasteiger partial charge in [0.15, 0.2) is 0 Å². The molecule has 0 fully saturated rings. The lowest BCUT2D eigenvalue weighted by Crippen LogP contribution is -2.11. The van der Waals surface area contributed by atoms with E-state index in [-0.39, 0.29) is 0 Å². The third-order valence-electron chi connectivity index (χ3n) is 1.28. The van der Waals surface area contributed by atoms with Gasteiger partial charge in [-0.3, -0.25) is 0 Å². The highest BCUT2D eigenvalue weighted by Gasteiger charge is 1.91. The Balaban J connectivity index is 2.87. The highest BCUT2D eigenvalue weighted by Crippen LogP contribution is 2.16. The second-order valence-corrected chi connectivity index (χ2v) is 3.75. The highest BCUT2D eigenvalue weighted by molar-refractivity contribution is 8.17. The van der Waals surface area contributed by atoms with Crippen molar-refractivity contribution in [1.29, 1.82) is 1.28 Å². The minimum atomic E-state index is -0.910. The van der Waals surface area contributed by atoms with Gasteiger partial charge in [-0.05, 0) is 0 Å². The number of ether oxygens (including phenoxy) is 3. The van der Waals surface area contributed by atoms with E-state index in [1.54, 1.807) is 7.11 Å². The first-order valence-corrected chi connectivity index (χ1v) is 6.97. The molecule has 0 amide bonds. The molecule has 4 nitrogen and oxygen atoms in total. The van der Waals surface area contributed by atoms with Gasteiger partial charge in [0.05, 0.1) is 40.9 Å². The van der Waals surface area contributed by atoms with Crippen molar-refractivity contribution in [2.24, 2.45) is 0 Å². The first-order chi connectivity index (χ1) is 7.27. The third-order valence-corrected chi connectivity index (χ3v) is 1.92. The molecular weight excluding hydrogens is 221 g/mol. The fourth-order valence-corrected chi connectivity index (χ4v) is 1.12. The van der Waals surface area contributed by atoms with Gasteiger partial charge in [-0.1, -0.05) is 0 Å². The smallest absolute Gasteiger partial charge is 0.325 e. The van der Waals surface area contributed by atoms with E-state index >= 15 is 0 Å². The molecule has 0 rings (SSSR count). The second kappa shape index (κ2) is 13.8. The Hall–Kier alpha value is 0.765. The topological polar surface area (TPSA) is 36.9 Å². The molecule has 14 heavy (non-hydrogen) atoms. The van der Waals surface area contributed by atoms with Crippen LogP contribution in [0.15, 0.2) is 0 Å². The normalized spacial score (nSPS) is 13.7. The fraction of sp³-hybridized carbons (Fsp3) is 1.00. The van der Waals surface area contributed by atoms with Gasteiger partial charge in [0.25, 0.3) is 0 Å². The average molecular weight is 240 g/mol. The van der Waals surface area contributed by atoms with Gasteiger partial charge in [-0.2, -0.15) is 0 Å². The molecule has 0 bridgehead atoms. The quantitative estimate of drug-likeness (QED) is 0.302. The van der Waals surface area contributed by atoms with Crippen molar-refractivity contribution in [1.82, 2.24) is 0 Å². The lowest BCUT2D eigenvalue weighted by Gasteiger charge is -2.05. The average Bonchev–Trinajstić information content (AvgIpc) is 2.20. The summed E-state index contributed by atoms with van der Waals surface area (Å²) in [5.74, 6) is 0. The standard InChI is InChI=1S/C7H18BO4P2/c1-9-2-3-10-4-5-11-6-7-12-8-14-13/h14H,2-7,13H2,1H3/i14D. The van der Waals surface area contributed by atoms with Crippen LogP contribution in [0.4, 0.5) is 0 Å². The van der Waals surface area contributed by atoms with Gasteiger partial charge < -0.3 is 18.9 Å². The summed E-state index contributed by atoms with van der Waals surface area (Å²) in [5.41, 5.74) is 0. The van der Waals surface area contributed by atoms with Crippen molar-refractivity contribution in [3.8, 4) is 0 Å². The van der Waals surface area contributed by atoms with E-state index in [4.69, 9.17) is 20.1 Å². The van der Waals surface area contributed by atoms with Crippen LogP contribution in [-0.2, 0) is 18.9 Å². The Morgan fingerprint density at radius 3 is 2.29 bits per heavy atom. The first kappa shape index (κ1) is 12.8. The van der Waals surface area contributed by atoms with Crippen LogP contribution < -0.4 is 0 Å². The predicted octanol–water partition coefficient (Wildman–Crippen LogP) is 0.685. The third kappa shape index (κ3) is 12.8. The van der Waals surface area contributed by atoms with Crippen LogP contribution in [0.25, 0.3) is 0 Å². The van der Waals surface area contributed by atoms with E-state index in [2.05, 4.69) is 8.93 Å². The van der Waals surface area contributed by atoms with Crippen molar-refractivity contribution in [2.45, 2.75) is 0 Å². The van der Waals surface area contributed by atoms with Gasteiger partial charge in [0, 0.05) is 7.11 Å². The molecule has 1 radical (unpaired) electrons. The molecule has 0 aliphatic rings. The largest absolute Gasteiger partial charge is 0.432 e. The molecule has 0 spiro atoms. The van der Waals surface area contributed by atoms with Crippen molar-refractivity contribution in [3.63, 3.8) is 0 Å². The molecule has 0 aromatic rings. The molecule has 0 N–H and O–H groups in total. The van der Waals surface area contributed by atoms with Crippen LogP contribution in [0.3, 0.4) is 0 Å². The van der Waals surface area contributed by atoms with Gasteiger partial charge in [-0.15, -0.1) is 17.0 Å². The van der Waals surface area contributed by atoms with Crippen LogP contribution >= 0.6 is 17.0 Å². The molecule has 0 saturated heterocycles. The first-order valence-electron chi connectivity index (χ1n) is 4.84. The highest BCUT2D eigenvalue weighted by atomic mass is 32.0. The van der Waals surface area contributed by atoms with Crippen LogP contribution in [0.2, 0.25) is 0 Å². The molecular formula is C7H18BO4P2. The molecule has 7 heteroatoms. The van der Waals surface area contributed by atoms with Gasteiger partial charge >= 0.3 is 7.20 Å². The van der Waals surface area contributed by atoms with Crippen LogP contribution in [0, 0.1) is 0 Å². The van der Waals surface area contributed by atoms with E-state index in [1.807, 2.05) is 0 Å². The Morgan fingerprint density at radius 2 is 1.71 bits per heavy atom. The van der Waals surface area contributed by atoms with E-state index in [9.17, 15) is 0 Å². The molecule has 2 unspecified atom stereocenters. The number of methoxy groups -OCH3 is 1. The zero-order chi connectivity index (χ0) is 11.4. The van der Waals surface area contributed by atoms with Crippen molar-refractivity contribution < 1.29 is 18.9 Å². The molecule has 83 valence electrons. The number of hydrogen-bond donors (Lipinski definition) is 0. The maximum Gasteiger partial charge on any atom is 0.325 e. The Morgan fingerprint density at radius 1 is 1.14 bits per heavy atom. The van der Waals surface area contributed by atoms with Crippen molar-refractivity contribution in [2.75, 3.05) is 46.8 Å². The molecule has 0 aliphatic heterocycles. The van der Waals surface area contributed by atoms with E-state index in [1.165, 1.54) is 7.20 Å². The zero-order valence-corrected chi connectivity index (χ0v) is 10.5. The summed E-state index contributed by atoms with van der Waals surface area (Å²) in [6.07, 6.45) is 0. The van der Waals surface area contributed by atoms with Gasteiger partial charge in [0.2, 0.25) is 0 Å². The summed E-state index contributed by atoms with van der Waals surface area (Å²) < 4.78 is 27.4. The Kier molecular flexibility index (Phi) is 12.6. The number of rotatable bonds is 11. The summed E-state index contributed by atoms with van der Waals surface area (Å²) >= 11 is 0. The van der Waals surface area contributed by atoms with E-state index in [0.717, 1.165) is 0 Å².